The fraction of sp³-hybridized carbons (Fsp3) is 0.412. The van der Waals surface area contributed by atoms with Gasteiger partial charge in [-0.3, -0.25) is 19.7 Å². The van der Waals surface area contributed by atoms with Crippen LogP contribution in [0.2, 0.25) is 0 Å². The van der Waals surface area contributed by atoms with E-state index < -0.39 is 11.9 Å². The van der Waals surface area contributed by atoms with Crippen molar-refractivity contribution in [3.63, 3.8) is 0 Å². The first-order valence-corrected chi connectivity index (χ1v) is 8.45. The monoisotopic (exact) mass is 413 g/mol. The van der Waals surface area contributed by atoms with Crippen LogP contribution >= 0.6 is 24.8 Å². The van der Waals surface area contributed by atoms with Crippen molar-refractivity contribution in [2.45, 2.75) is 18.9 Å². The van der Waals surface area contributed by atoms with E-state index in [2.05, 4.69) is 20.6 Å². The van der Waals surface area contributed by atoms with E-state index >= 15 is 0 Å². The Labute approximate surface area is 168 Å². The Hall–Kier alpha value is -2.16. The second kappa shape index (κ2) is 8.69. The molecule has 2 fully saturated rings. The molecule has 0 radical (unpaired) electrons. The Bertz CT molecular complexity index is 911. The number of amides is 2. The summed E-state index contributed by atoms with van der Waals surface area (Å²) in [6.07, 6.45) is 2.12. The molecule has 4 rings (SSSR count). The van der Waals surface area contributed by atoms with Gasteiger partial charge in [0.25, 0.3) is 11.5 Å². The molecule has 2 aliphatic heterocycles. The van der Waals surface area contributed by atoms with E-state index in [1.807, 2.05) is 18.2 Å². The smallest absolute Gasteiger partial charge is 0.277 e. The van der Waals surface area contributed by atoms with Gasteiger partial charge in [0.05, 0.1) is 17.3 Å². The second-order valence-electron chi connectivity index (χ2n) is 6.34. The fourth-order valence-electron chi connectivity index (χ4n) is 3.50. The number of benzene rings is 1. The Kier molecular flexibility index (Phi) is 6.80. The largest absolute Gasteiger partial charge is 0.368 e. The van der Waals surface area contributed by atoms with Gasteiger partial charge in [0.15, 0.2) is 0 Å². The van der Waals surface area contributed by atoms with Gasteiger partial charge in [-0.15, -0.1) is 24.8 Å². The number of halogens is 2. The predicted molar refractivity (Wildman–Crippen MR) is 107 cm³/mol. The van der Waals surface area contributed by atoms with Gasteiger partial charge in [0.1, 0.15) is 6.04 Å². The van der Waals surface area contributed by atoms with Crippen molar-refractivity contribution in [1.82, 2.24) is 20.4 Å². The molecule has 1 atom stereocenters. The number of carbonyl (C=O) groups excluding carboxylic acids is 2. The van der Waals surface area contributed by atoms with E-state index in [9.17, 15) is 14.4 Å². The molecule has 1 unspecified atom stereocenters. The lowest BCUT2D eigenvalue weighted by Gasteiger charge is -2.30. The second-order valence-corrected chi connectivity index (χ2v) is 6.34. The van der Waals surface area contributed by atoms with Crippen LogP contribution in [-0.4, -0.2) is 47.8 Å². The first-order chi connectivity index (χ1) is 12.1. The van der Waals surface area contributed by atoms with Crippen LogP contribution in [0.15, 0.2) is 29.2 Å². The molecule has 3 heterocycles. The van der Waals surface area contributed by atoms with Crippen LogP contribution in [0.3, 0.4) is 0 Å². The van der Waals surface area contributed by atoms with Crippen LogP contribution in [0.4, 0.5) is 5.69 Å². The van der Waals surface area contributed by atoms with Crippen molar-refractivity contribution in [3.05, 3.63) is 34.7 Å². The summed E-state index contributed by atoms with van der Waals surface area (Å²) >= 11 is 0. The van der Waals surface area contributed by atoms with Crippen LogP contribution in [0, 0.1) is 0 Å². The summed E-state index contributed by atoms with van der Waals surface area (Å²) in [4.78, 5) is 38.8. The maximum Gasteiger partial charge on any atom is 0.277 e. The molecule has 10 heteroatoms. The number of imide groups is 1. The quantitative estimate of drug-likeness (QED) is 0.700. The number of rotatable bonds is 2. The zero-order chi connectivity index (χ0) is 17.4. The number of nitrogens with zero attached hydrogens (tertiary/aromatic N) is 3. The molecule has 1 aromatic heterocycles. The van der Waals surface area contributed by atoms with Gasteiger partial charge in [0.2, 0.25) is 5.91 Å². The Morgan fingerprint density at radius 2 is 1.81 bits per heavy atom. The third kappa shape index (κ3) is 3.92. The minimum absolute atomic E-state index is 0. The van der Waals surface area contributed by atoms with Crippen LogP contribution in [-0.2, 0) is 9.59 Å². The number of anilines is 1. The average molecular weight is 414 g/mol. The van der Waals surface area contributed by atoms with Crippen molar-refractivity contribution in [1.29, 1.82) is 0 Å². The number of carbonyl (C=O) groups is 2. The van der Waals surface area contributed by atoms with E-state index in [0.717, 1.165) is 37.3 Å². The topological polar surface area (TPSA) is 96.3 Å². The minimum atomic E-state index is -0.745. The molecule has 2 aliphatic rings. The van der Waals surface area contributed by atoms with Gasteiger partial charge >= 0.3 is 0 Å². The molecule has 27 heavy (non-hydrogen) atoms. The Morgan fingerprint density at radius 1 is 1.07 bits per heavy atom. The van der Waals surface area contributed by atoms with Gasteiger partial charge in [-0.05, 0) is 12.5 Å². The van der Waals surface area contributed by atoms with Crippen molar-refractivity contribution in [2.24, 2.45) is 0 Å². The standard InChI is InChI=1S/C17H19N5O3.2ClH/c23-14-5-4-13(16(24)20-14)22-17(25)15-11(10-19-22)2-1-3-12(15)21-8-6-18-7-9-21;;/h1-3,10,13,18H,4-9H2,(H,20,23,24);2*1H. The summed E-state index contributed by atoms with van der Waals surface area (Å²) in [7, 11) is 0. The first kappa shape index (κ1) is 21.1. The summed E-state index contributed by atoms with van der Waals surface area (Å²) < 4.78 is 1.22. The molecular weight excluding hydrogens is 393 g/mol. The molecule has 2 saturated heterocycles. The normalized spacial score (nSPS) is 19.9. The van der Waals surface area contributed by atoms with Crippen LogP contribution < -0.4 is 21.1 Å². The lowest BCUT2D eigenvalue weighted by atomic mass is 10.1. The minimum Gasteiger partial charge on any atom is -0.368 e. The number of aromatic nitrogens is 2. The average Bonchev–Trinajstić information content (AvgIpc) is 2.63. The molecule has 0 saturated carbocycles. The number of fused-ring (bicyclic) bond motifs is 1. The number of nitrogens with one attached hydrogen (secondary N) is 2. The van der Waals surface area contributed by atoms with Crippen molar-refractivity contribution in [2.75, 3.05) is 31.1 Å². The lowest BCUT2D eigenvalue weighted by molar-refractivity contribution is -0.136. The van der Waals surface area contributed by atoms with Gasteiger partial charge in [-0.2, -0.15) is 5.10 Å². The van der Waals surface area contributed by atoms with E-state index in [1.165, 1.54) is 4.68 Å². The molecule has 2 aromatic rings. The molecule has 8 nitrogen and oxygen atoms in total. The van der Waals surface area contributed by atoms with E-state index in [0.29, 0.717) is 11.8 Å². The van der Waals surface area contributed by atoms with Crippen molar-refractivity contribution in [3.8, 4) is 0 Å². The highest BCUT2D eigenvalue weighted by molar-refractivity contribution is 5.99. The third-order valence-electron chi connectivity index (χ3n) is 4.78. The molecule has 0 bridgehead atoms. The molecule has 0 aliphatic carbocycles. The maximum absolute atomic E-state index is 13.1. The van der Waals surface area contributed by atoms with Gasteiger partial charge in [0, 0.05) is 38.0 Å². The lowest BCUT2D eigenvalue weighted by Crippen LogP contribution is -2.46. The number of hydrogen-bond acceptors (Lipinski definition) is 6. The molecule has 2 amide bonds. The van der Waals surface area contributed by atoms with Gasteiger partial charge in [-0.1, -0.05) is 12.1 Å². The highest BCUT2D eigenvalue weighted by atomic mass is 35.5. The molecule has 0 spiro atoms. The van der Waals surface area contributed by atoms with Gasteiger partial charge < -0.3 is 10.2 Å². The summed E-state index contributed by atoms with van der Waals surface area (Å²) in [5.74, 6) is -0.776. The van der Waals surface area contributed by atoms with Crippen molar-refractivity contribution >= 4 is 53.1 Å². The SMILES string of the molecule is Cl.Cl.O=C1CCC(n2ncc3cccc(N4CCNCC4)c3c2=O)C(=O)N1. The maximum atomic E-state index is 13.1. The highest BCUT2D eigenvalue weighted by Gasteiger charge is 2.30. The Balaban J connectivity index is 0.00000131. The van der Waals surface area contributed by atoms with E-state index in [4.69, 9.17) is 0 Å². The number of piperidine rings is 1. The predicted octanol–water partition coefficient (Wildman–Crippen LogP) is 0.627. The summed E-state index contributed by atoms with van der Waals surface area (Å²) in [5, 5.41) is 11.1. The number of piperazine rings is 1. The van der Waals surface area contributed by atoms with Crippen LogP contribution in [0.1, 0.15) is 18.9 Å². The summed E-state index contributed by atoms with van der Waals surface area (Å²) in [5.41, 5.74) is 0.577. The zero-order valence-corrected chi connectivity index (χ0v) is 16.1. The third-order valence-corrected chi connectivity index (χ3v) is 4.78. The summed E-state index contributed by atoms with van der Waals surface area (Å²) in [6.45, 7) is 3.37. The van der Waals surface area contributed by atoms with Gasteiger partial charge in [-0.25, -0.2) is 4.68 Å². The zero-order valence-electron chi connectivity index (χ0n) is 14.5. The number of hydrogen-bond donors (Lipinski definition) is 2. The fourth-order valence-corrected chi connectivity index (χ4v) is 3.50. The van der Waals surface area contributed by atoms with E-state index in [1.54, 1.807) is 6.20 Å². The summed E-state index contributed by atoms with van der Waals surface area (Å²) in [6, 6.07) is 4.95. The highest BCUT2D eigenvalue weighted by Crippen LogP contribution is 2.25. The molecule has 146 valence electrons. The van der Waals surface area contributed by atoms with Crippen LogP contribution in [0.5, 0.6) is 0 Å². The molecule has 2 N–H and O–H groups in total. The van der Waals surface area contributed by atoms with E-state index in [-0.39, 0.29) is 42.7 Å². The first-order valence-electron chi connectivity index (χ1n) is 8.45. The molecular formula is C17H21Cl2N5O3. The van der Waals surface area contributed by atoms with Crippen molar-refractivity contribution < 1.29 is 9.59 Å². The molecule has 1 aromatic carbocycles. The Morgan fingerprint density at radius 3 is 2.52 bits per heavy atom. The van der Waals surface area contributed by atoms with Crippen LogP contribution in [0.25, 0.3) is 10.8 Å².